The fourth-order valence-corrected chi connectivity index (χ4v) is 1.27. The number of hydrogen-bond donors (Lipinski definition) is 1. The lowest BCUT2D eigenvalue weighted by atomic mass is 10.1. The lowest BCUT2D eigenvalue weighted by molar-refractivity contribution is -0.131. The van der Waals surface area contributed by atoms with Gasteiger partial charge in [-0.05, 0) is 37.1 Å². The normalized spacial score (nSPS) is 13.1. The van der Waals surface area contributed by atoms with E-state index in [4.69, 9.17) is 5.11 Å². The predicted octanol–water partition coefficient (Wildman–Crippen LogP) is 3.07. The molecule has 0 aliphatic rings. The first-order valence-corrected chi connectivity index (χ1v) is 5.27. The van der Waals surface area contributed by atoms with Crippen LogP contribution in [0.3, 0.4) is 0 Å². The van der Waals surface area contributed by atoms with Crippen molar-refractivity contribution in [3.8, 4) is 0 Å². The van der Waals surface area contributed by atoms with Crippen LogP contribution in [0.2, 0.25) is 0 Å². The van der Waals surface area contributed by atoms with Crippen LogP contribution in [0, 0.1) is 0 Å². The van der Waals surface area contributed by atoms with Crippen LogP contribution in [0.5, 0.6) is 0 Å². The minimum atomic E-state index is -0.933. The van der Waals surface area contributed by atoms with Gasteiger partial charge in [0.15, 0.2) is 0 Å². The van der Waals surface area contributed by atoms with E-state index in [9.17, 15) is 4.79 Å². The summed E-state index contributed by atoms with van der Waals surface area (Å²) in [5.74, 6) is -0.933. The fourth-order valence-electron chi connectivity index (χ4n) is 1.27. The van der Waals surface area contributed by atoms with Crippen molar-refractivity contribution < 1.29 is 9.90 Å². The molecule has 1 rings (SSSR count). The van der Waals surface area contributed by atoms with E-state index in [1.165, 1.54) is 6.08 Å². The summed E-state index contributed by atoms with van der Waals surface area (Å²) in [5.41, 5.74) is 2.64. The molecule has 1 aromatic rings. The van der Waals surface area contributed by atoms with Gasteiger partial charge in [-0.1, -0.05) is 24.3 Å². The molecule has 0 saturated heterocycles. The molecule has 0 radical (unpaired) electrons. The lowest BCUT2D eigenvalue weighted by Crippen LogP contribution is -1.87. The topological polar surface area (TPSA) is 50.2 Å². The van der Waals surface area contributed by atoms with Gasteiger partial charge < -0.3 is 5.11 Å². The van der Waals surface area contributed by atoms with Gasteiger partial charge in [-0.15, -0.1) is 0 Å². The van der Waals surface area contributed by atoms with E-state index >= 15 is 0 Å². The maximum Gasteiger partial charge on any atom is 0.328 e. The highest BCUT2D eigenvalue weighted by molar-refractivity contribution is 5.81. The monoisotopic (exact) mass is 229 g/mol. The number of hydrogen-bond acceptors (Lipinski definition) is 2. The number of carboxylic acid groups (broad SMARTS) is 1. The number of carbonyl (C=O) groups is 1. The summed E-state index contributed by atoms with van der Waals surface area (Å²) >= 11 is 0. The molecule has 0 aliphatic heterocycles. The molecule has 0 unspecified atom stereocenters. The zero-order valence-corrected chi connectivity index (χ0v) is 9.92. The second kappa shape index (κ2) is 6.43. The van der Waals surface area contributed by atoms with E-state index in [0.717, 1.165) is 11.3 Å². The molecule has 1 aromatic heterocycles. The number of carboxylic acids is 1. The third kappa shape index (κ3) is 4.93. The molecule has 1 heterocycles. The molecule has 0 spiro atoms. The molecule has 0 saturated carbocycles. The first-order valence-electron chi connectivity index (χ1n) is 5.27. The van der Waals surface area contributed by atoms with Gasteiger partial charge in [-0.2, -0.15) is 0 Å². The Morgan fingerprint density at radius 1 is 1.35 bits per heavy atom. The van der Waals surface area contributed by atoms with Gasteiger partial charge in [-0.3, -0.25) is 4.98 Å². The summed E-state index contributed by atoms with van der Waals surface area (Å²) in [5, 5.41) is 8.53. The summed E-state index contributed by atoms with van der Waals surface area (Å²) in [6.07, 6.45) is 8.38. The molecule has 0 aromatic carbocycles. The number of aromatic nitrogens is 1. The van der Waals surface area contributed by atoms with Crippen LogP contribution in [0.15, 0.2) is 54.3 Å². The second-order valence-electron chi connectivity index (χ2n) is 3.65. The molecule has 3 nitrogen and oxygen atoms in total. The molecule has 0 bridgehead atoms. The van der Waals surface area contributed by atoms with Crippen LogP contribution in [0.1, 0.15) is 19.5 Å². The Kier molecular flexibility index (Phi) is 4.88. The number of pyridine rings is 1. The highest BCUT2D eigenvalue weighted by Crippen LogP contribution is 2.09. The Labute approximate surface area is 101 Å². The highest BCUT2D eigenvalue weighted by atomic mass is 16.4. The van der Waals surface area contributed by atoms with E-state index in [2.05, 4.69) is 4.98 Å². The van der Waals surface area contributed by atoms with Gasteiger partial charge in [0.2, 0.25) is 0 Å². The zero-order valence-electron chi connectivity index (χ0n) is 9.92. The second-order valence-corrected chi connectivity index (χ2v) is 3.65. The smallest absolute Gasteiger partial charge is 0.328 e. The number of nitrogens with zero attached hydrogens (tertiary/aromatic N) is 1. The van der Waals surface area contributed by atoms with E-state index in [1.54, 1.807) is 19.2 Å². The van der Waals surface area contributed by atoms with Crippen molar-refractivity contribution in [1.29, 1.82) is 0 Å². The molecular formula is C14H15NO2. The summed E-state index contributed by atoms with van der Waals surface area (Å²) in [6.45, 7) is 3.71. The third-order valence-corrected chi connectivity index (χ3v) is 2.13. The van der Waals surface area contributed by atoms with Crippen molar-refractivity contribution in [3.05, 3.63) is 60.0 Å². The minimum Gasteiger partial charge on any atom is -0.478 e. The van der Waals surface area contributed by atoms with Crippen LogP contribution in [0.4, 0.5) is 0 Å². The Morgan fingerprint density at radius 3 is 2.71 bits per heavy atom. The average Bonchev–Trinajstić information content (AvgIpc) is 2.29. The molecule has 0 atom stereocenters. The van der Waals surface area contributed by atoms with E-state index in [1.807, 2.05) is 37.3 Å². The molecule has 0 aliphatic carbocycles. The largest absolute Gasteiger partial charge is 0.478 e. The molecule has 0 amide bonds. The Morgan fingerprint density at radius 2 is 2.12 bits per heavy atom. The third-order valence-electron chi connectivity index (χ3n) is 2.13. The van der Waals surface area contributed by atoms with Crippen LogP contribution >= 0.6 is 0 Å². The SMILES string of the molecule is C/C(=C/C=C/C(C)=C/C(=O)O)c1ccccn1. The molecule has 3 heteroatoms. The van der Waals surface area contributed by atoms with E-state index < -0.39 is 5.97 Å². The Bertz CT molecular complexity index is 470. The first-order chi connectivity index (χ1) is 8.09. The van der Waals surface area contributed by atoms with Crippen LogP contribution in [0.25, 0.3) is 5.57 Å². The van der Waals surface area contributed by atoms with Crippen LogP contribution < -0.4 is 0 Å². The summed E-state index contributed by atoms with van der Waals surface area (Å²) < 4.78 is 0. The maximum atomic E-state index is 10.4. The van der Waals surface area contributed by atoms with E-state index in [-0.39, 0.29) is 0 Å². The molecule has 88 valence electrons. The number of allylic oxidation sites excluding steroid dienone is 5. The van der Waals surface area contributed by atoms with Gasteiger partial charge in [0, 0.05) is 12.3 Å². The molecule has 0 fully saturated rings. The van der Waals surface area contributed by atoms with Gasteiger partial charge >= 0.3 is 5.97 Å². The van der Waals surface area contributed by atoms with Gasteiger partial charge in [0.05, 0.1) is 5.69 Å². The average molecular weight is 229 g/mol. The van der Waals surface area contributed by atoms with Crippen LogP contribution in [-0.2, 0) is 4.79 Å². The highest BCUT2D eigenvalue weighted by Gasteiger charge is 1.93. The summed E-state index contributed by atoms with van der Waals surface area (Å²) in [4.78, 5) is 14.6. The van der Waals surface area contributed by atoms with Crippen molar-refractivity contribution in [3.63, 3.8) is 0 Å². The van der Waals surface area contributed by atoms with Crippen molar-refractivity contribution in [2.75, 3.05) is 0 Å². The van der Waals surface area contributed by atoms with E-state index in [0.29, 0.717) is 5.57 Å². The van der Waals surface area contributed by atoms with Crippen molar-refractivity contribution in [2.24, 2.45) is 0 Å². The molecular weight excluding hydrogens is 214 g/mol. The van der Waals surface area contributed by atoms with Crippen molar-refractivity contribution in [2.45, 2.75) is 13.8 Å². The fraction of sp³-hybridized carbons (Fsp3) is 0.143. The van der Waals surface area contributed by atoms with Gasteiger partial charge in [0.25, 0.3) is 0 Å². The predicted molar refractivity (Wildman–Crippen MR) is 68.4 cm³/mol. The quantitative estimate of drug-likeness (QED) is 0.637. The summed E-state index contributed by atoms with van der Waals surface area (Å²) in [7, 11) is 0. The van der Waals surface area contributed by atoms with Gasteiger partial charge in [-0.25, -0.2) is 4.79 Å². The number of rotatable bonds is 4. The lowest BCUT2D eigenvalue weighted by Gasteiger charge is -1.97. The number of aliphatic carboxylic acids is 1. The van der Waals surface area contributed by atoms with Crippen LogP contribution in [-0.4, -0.2) is 16.1 Å². The molecule has 17 heavy (non-hydrogen) atoms. The standard InChI is InChI=1S/C14H15NO2/c1-11(10-14(16)17)6-5-7-12(2)13-8-3-4-9-15-13/h3-10H,1-2H3,(H,16,17)/b6-5+,11-10+,12-7-. The molecule has 1 N–H and O–H groups in total. The zero-order chi connectivity index (χ0) is 12.7. The Balaban J connectivity index is 2.72. The first kappa shape index (κ1) is 12.9. The van der Waals surface area contributed by atoms with Crippen molar-refractivity contribution in [1.82, 2.24) is 4.98 Å². The maximum absolute atomic E-state index is 10.4. The van der Waals surface area contributed by atoms with Gasteiger partial charge in [0.1, 0.15) is 0 Å². The minimum absolute atomic E-state index is 0.697. The van der Waals surface area contributed by atoms with Crippen molar-refractivity contribution >= 4 is 11.5 Å². The summed E-state index contributed by atoms with van der Waals surface area (Å²) in [6, 6.07) is 5.73. The Hall–Kier alpha value is -2.16.